The van der Waals surface area contributed by atoms with Gasteiger partial charge in [-0.05, 0) is 36.5 Å². The van der Waals surface area contributed by atoms with E-state index in [1.54, 1.807) is 11.3 Å². The third-order valence-electron chi connectivity index (χ3n) is 4.55. The summed E-state index contributed by atoms with van der Waals surface area (Å²) >= 11 is 1.56. The number of hydrogen-bond acceptors (Lipinski definition) is 4. The fraction of sp³-hybridized carbons (Fsp3) is 0.765. The van der Waals surface area contributed by atoms with Gasteiger partial charge in [-0.15, -0.1) is 0 Å². The first-order valence-corrected chi connectivity index (χ1v) is 8.85. The van der Waals surface area contributed by atoms with Crippen molar-refractivity contribution in [1.82, 2.24) is 4.98 Å². The lowest BCUT2D eigenvalue weighted by atomic mass is 9.77. The number of rotatable bonds is 3. The van der Waals surface area contributed by atoms with E-state index in [1.165, 1.54) is 19.3 Å². The Morgan fingerprint density at radius 1 is 1.29 bits per heavy atom. The molecule has 1 atom stereocenters. The molecule has 0 aliphatic carbocycles. The number of aromatic nitrogens is 1. The Labute approximate surface area is 132 Å². The van der Waals surface area contributed by atoms with Gasteiger partial charge in [-0.2, -0.15) is 0 Å². The Morgan fingerprint density at radius 2 is 2.00 bits per heavy atom. The highest BCUT2D eigenvalue weighted by Gasteiger charge is 2.28. The molecule has 21 heavy (non-hydrogen) atoms. The summed E-state index contributed by atoms with van der Waals surface area (Å²) in [4.78, 5) is 19.2. The first kappa shape index (κ1) is 16.5. The van der Waals surface area contributed by atoms with Crippen molar-refractivity contribution in [1.29, 1.82) is 0 Å². The van der Waals surface area contributed by atoms with Gasteiger partial charge in [0.1, 0.15) is 0 Å². The van der Waals surface area contributed by atoms with Crippen molar-refractivity contribution in [3.05, 3.63) is 10.6 Å². The van der Waals surface area contributed by atoms with Gasteiger partial charge in [-0.1, -0.05) is 46.0 Å². The van der Waals surface area contributed by atoms with Crippen molar-refractivity contribution in [2.75, 3.05) is 18.0 Å². The fourth-order valence-electron chi connectivity index (χ4n) is 3.12. The van der Waals surface area contributed by atoms with Crippen LogP contribution >= 0.6 is 11.3 Å². The molecule has 0 radical (unpaired) electrons. The summed E-state index contributed by atoms with van der Waals surface area (Å²) in [6, 6.07) is 0. The number of carbonyl (C=O) groups is 1. The standard InChI is InChI=1S/C17H28N2OS/c1-12(2)15-14(11-20)21-16(18-15)19-9-6-7-13(8-10-19)17(3,4)5/h11-13H,6-10H2,1-5H3. The first-order valence-electron chi connectivity index (χ1n) is 8.03. The maximum Gasteiger partial charge on any atom is 0.186 e. The molecule has 4 heteroatoms. The van der Waals surface area contributed by atoms with E-state index in [9.17, 15) is 4.79 Å². The van der Waals surface area contributed by atoms with Gasteiger partial charge in [0.05, 0.1) is 10.6 Å². The molecule has 0 saturated carbocycles. The summed E-state index contributed by atoms with van der Waals surface area (Å²) in [5.74, 6) is 1.09. The molecular weight excluding hydrogens is 280 g/mol. The monoisotopic (exact) mass is 308 g/mol. The van der Waals surface area contributed by atoms with Crippen LogP contribution in [0.4, 0.5) is 5.13 Å². The molecule has 1 aliphatic heterocycles. The number of anilines is 1. The van der Waals surface area contributed by atoms with Gasteiger partial charge < -0.3 is 4.90 Å². The Kier molecular flexibility index (Phi) is 5.07. The van der Waals surface area contributed by atoms with Crippen molar-refractivity contribution in [2.24, 2.45) is 11.3 Å². The molecule has 2 heterocycles. The van der Waals surface area contributed by atoms with E-state index >= 15 is 0 Å². The second-order valence-electron chi connectivity index (χ2n) is 7.50. The highest BCUT2D eigenvalue weighted by molar-refractivity contribution is 7.17. The zero-order valence-corrected chi connectivity index (χ0v) is 14.8. The Bertz CT molecular complexity index is 487. The highest BCUT2D eigenvalue weighted by atomic mass is 32.1. The van der Waals surface area contributed by atoms with Crippen molar-refractivity contribution in [3.63, 3.8) is 0 Å². The predicted octanol–water partition coefficient (Wildman–Crippen LogP) is 4.73. The van der Waals surface area contributed by atoms with Crippen LogP contribution < -0.4 is 4.90 Å². The molecule has 2 rings (SSSR count). The molecule has 0 N–H and O–H groups in total. The van der Waals surface area contributed by atoms with Gasteiger partial charge in [-0.3, -0.25) is 4.79 Å². The lowest BCUT2D eigenvalue weighted by Crippen LogP contribution is -2.26. The van der Waals surface area contributed by atoms with Crippen LogP contribution in [0.5, 0.6) is 0 Å². The number of thiazole rings is 1. The lowest BCUT2D eigenvalue weighted by Gasteiger charge is -2.29. The summed E-state index contributed by atoms with van der Waals surface area (Å²) in [5.41, 5.74) is 1.34. The summed E-state index contributed by atoms with van der Waals surface area (Å²) in [6.07, 6.45) is 4.70. The van der Waals surface area contributed by atoms with Crippen LogP contribution in [0.15, 0.2) is 0 Å². The summed E-state index contributed by atoms with van der Waals surface area (Å²) in [6.45, 7) is 13.4. The van der Waals surface area contributed by atoms with Crippen LogP contribution in [0.3, 0.4) is 0 Å². The van der Waals surface area contributed by atoms with Gasteiger partial charge in [0, 0.05) is 13.1 Å². The number of aldehydes is 1. The topological polar surface area (TPSA) is 33.2 Å². The molecule has 3 nitrogen and oxygen atoms in total. The second kappa shape index (κ2) is 6.47. The quantitative estimate of drug-likeness (QED) is 0.757. The first-order chi connectivity index (χ1) is 9.82. The van der Waals surface area contributed by atoms with Crippen molar-refractivity contribution >= 4 is 22.8 Å². The Balaban J connectivity index is 2.14. The summed E-state index contributed by atoms with van der Waals surface area (Å²) in [7, 11) is 0. The number of carbonyl (C=O) groups excluding carboxylic acids is 1. The zero-order valence-electron chi connectivity index (χ0n) is 14.0. The summed E-state index contributed by atoms with van der Waals surface area (Å²) in [5, 5.41) is 1.04. The van der Waals surface area contributed by atoms with E-state index in [2.05, 4.69) is 39.5 Å². The maximum absolute atomic E-state index is 11.2. The van der Waals surface area contributed by atoms with E-state index < -0.39 is 0 Å². The average molecular weight is 308 g/mol. The Hall–Kier alpha value is -0.900. The second-order valence-corrected chi connectivity index (χ2v) is 8.51. The molecule has 0 spiro atoms. The number of hydrogen-bond donors (Lipinski definition) is 0. The molecule has 1 unspecified atom stereocenters. The minimum Gasteiger partial charge on any atom is -0.348 e. The molecule has 118 valence electrons. The lowest BCUT2D eigenvalue weighted by molar-refractivity contribution is 0.112. The Morgan fingerprint density at radius 3 is 2.52 bits per heavy atom. The van der Waals surface area contributed by atoms with Gasteiger partial charge >= 0.3 is 0 Å². The molecule has 0 amide bonds. The molecule has 0 bridgehead atoms. The third-order valence-corrected chi connectivity index (χ3v) is 5.60. The van der Waals surface area contributed by atoms with Crippen molar-refractivity contribution < 1.29 is 4.79 Å². The minimum absolute atomic E-state index is 0.310. The van der Waals surface area contributed by atoms with Crippen LogP contribution in [0.25, 0.3) is 0 Å². The SMILES string of the molecule is CC(C)c1nc(N2CCCC(C(C)(C)C)CC2)sc1C=O. The third kappa shape index (κ3) is 3.85. The van der Waals surface area contributed by atoms with Crippen molar-refractivity contribution in [2.45, 2.75) is 59.8 Å². The highest BCUT2D eigenvalue weighted by Crippen LogP contribution is 2.36. The molecule has 1 aliphatic rings. The van der Waals surface area contributed by atoms with E-state index in [1.807, 2.05) is 0 Å². The van der Waals surface area contributed by atoms with Crippen LogP contribution in [-0.2, 0) is 0 Å². The van der Waals surface area contributed by atoms with Crippen LogP contribution in [-0.4, -0.2) is 24.4 Å². The van der Waals surface area contributed by atoms with Crippen LogP contribution in [0, 0.1) is 11.3 Å². The largest absolute Gasteiger partial charge is 0.348 e. The van der Waals surface area contributed by atoms with E-state index in [-0.39, 0.29) is 0 Å². The molecular formula is C17H28N2OS. The molecule has 1 fully saturated rings. The number of nitrogens with zero attached hydrogens (tertiary/aromatic N) is 2. The van der Waals surface area contributed by atoms with E-state index in [0.717, 1.165) is 41.0 Å². The van der Waals surface area contributed by atoms with Crippen LogP contribution in [0.2, 0.25) is 0 Å². The van der Waals surface area contributed by atoms with Gasteiger partial charge in [-0.25, -0.2) is 4.98 Å². The molecule has 1 aromatic rings. The van der Waals surface area contributed by atoms with Gasteiger partial charge in [0.25, 0.3) is 0 Å². The normalized spacial score (nSPS) is 20.7. The van der Waals surface area contributed by atoms with Gasteiger partial charge in [0.2, 0.25) is 0 Å². The fourth-order valence-corrected chi connectivity index (χ4v) is 4.20. The van der Waals surface area contributed by atoms with E-state index in [4.69, 9.17) is 4.98 Å². The summed E-state index contributed by atoms with van der Waals surface area (Å²) < 4.78 is 0. The zero-order chi connectivity index (χ0) is 15.6. The molecule has 1 saturated heterocycles. The predicted molar refractivity (Wildman–Crippen MR) is 90.6 cm³/mol. The molecule has 0 aromatic carbocycles. The van der Waals surface area contributed by atoms with E-state index in [0.29, 0.717) is 11.3 Å². The average Bonchev–Trinajstić information content (AvgIpc) is 2.67. The smallest absolute Gasteiger partial charge is 0.186 e. The van der Waals surface area contributed by atoms with Gasteiger partial charge in [0.15, 0.2) is 11.4 Å². The van der Waals surface area contributed by atoms with Crippen LogP contribution in [0.1, 0.15) is 75.2 Å². The van der Waals surface area contributed by atoms with Crippen molar-refractivity contribution in [3.8, 4) is 0 Å². The molecule has 1 aromatic heterocycles. The maximum atomic E-state index is 11.2. The minimum atomic E-state index is 0.310.